The second-order valence-electron chi connectivity index (χ2n) is 9.19. The van der Waals surface area contributed by atoms with Crippen LogP contribution in [-0.2, 0) is 6.42 Å². The number of H-pyrrole nitrogens is 1. The summed E-state index contributed by atoms with van der Waals surface area (Å²) in [6.45, 7) is 7.51. The molecule has 0 amide bonds. The standard InChI is InChI=1S/C27H29ClN4/c1-16(2)29-13-22(18-5-8-20(28)9-6-18)23-14-30-25-12-19(7-10-21(23)25)27-26-17(3)4-11-24(26)31-15-32-27/h5-10,12,14-17,22,29-30H,4,11,13H2,1-3H3/t17-,22-/m1/s1. The molecular weight excluding hydrogens is 416 g/mol. The molecule has 0 fully saturated rings. The molecule has 2 aromatic carbocycles. The zero-order valence-corrected chi connectivity index (χ0v) is 19.6. The van der Waals surface area contributed by atoms with Gasteiger partial charge < -0.3 is 10.3 Å². The molecule has 164 valence electrons. The molecule has 0 saturated carbocycles. The number of aromatic nitrogens is 3. The van der Waals surface area contributed by atoms with E-state index in [1.807, 2.05) is 12.1 Å². The third-order valence-electron chi connectivity index (χ3n) is 6.64. The lowest BCUT2D eigenvalue weighted by Gasteiger charge is -2.20. The van der Waals surface area contributed by atoms with Gasteiger partial charge in [0.1, 0.15) is 6.33 Å². The van der Waals surface area contributed by atoms with Crippen molar-refractivity contribution in [2.75, 3.05) is 6.54 Å². The first-order valence-electron chi connectivity index (χ1n) is 11.4. The minimum atomic E-state index is 0.234. The largest absolute Gasteiger partial charge is 0.361 e. The van der Waals surface area contributed by atoms with Crippen molar-refractivity contribution in [3.8, 4) is 11.3 Å². The van der Waals surface area contributed by atoms with Gasteiger partial charge in [-0.15, -0.1) is 0 Å². The van der Waals surface area contributed by atoms with Gasteiger partial charge in [-0.05, 0) is 48.1 Å². The topological polar surface area (TPSA) is 53.6 Å². The fraction of sp³-hybridized carbons (Fsp3) is 0.333. The summed E-state index contributed by atoms with van der Waals surface area (Å²) in [4.78, 5) is 12.7. The second-order valence-corrected chi connectivity index (χ2v) is 9.63. The van der Waals surface area contributed by atoms with Crippen LogP contribution in [0.4, 0.5) is 0 Å². The highest BCUT2D eigenvalue weighted by Crippen LogP contribution is 2.39. The summed E-state index contributed by atoms with van der Waals surface area (Å²) in [5, 5.41) is 5.63. The highest BCUT2D eigenvalue weighted by Gasteiger charge is 2.25. The Morgan fingerprint density at radius 1 is 1.12 bits per heavy atom. The van der Waals surface area contributed by atoms with Gasteiger partial charge in [0.05, 0.1) is 5.69 Å². The van der Waals surface area contributed by atoms with Crippen molar-refractivity contribution >= 4 is 22.5 Å². The quantitative estimate of drug-likeness (QED) is 0.359. The number of nitrogens with one attached hydrogen (secondary N) is 2. The smallest absolute Gasteiger partial charge is 0.116 e. The van der Waals surface area contributed by atoms with Gasteiger partial charge in [-0.3, -0.25) is 0 Å². The van der Waals surface area contributed by atoms with Crippen LogP contribution < -0.4 is 5.32 Å². The van der Waals surface area contributed by atoms with Crippen LogP contribution in [0.25, 0.3) is 22.2 Å². The summed E-state index contributed by atoms with van der Waals surface area (Å²) >= 11 is 6.16. The lowest BCUT2D eigenvalue weighted by molar-refractivity contribution is 0.562. The highest BCUT2D eigenvalue weighted by atomic mass is 35.5. The fourth-order valence-corrected chi connectivity index (χ4v) is 5.04. The molecule has 5 rings (SSSR count). The number of aromatic amines is 1. The first-order valence-corrected chi connectivity index (χ1v) is 11.8. The van der Waals surface area contributed by atoms with Gasteiger partial charge in [0, 0.05) is 57.4 Å². The molecule has 0 unspecified atom stereocenters. The summed E-state index contributed by atoms with van der Waals surface area (Å²) in [5.41, 5.74) is 8.45. The summed E-state index contributed by atoms with van der Waals surface area (Å²) in [7, 11) is 0. The maximum Gasteiger partial charge on any atom is 0.116 e. The van der Waals surface area contributed by atoms with E-state index in [4.69, 9.17) is 11.6 Å². The number of nitrogens with zero attached hydrogens (tertiary/aromatic N) is 2. The van der Waals surface area contributed by atoms with Crippen molar-refractivity contribution in [1.29, 1.82) is 0 Å². The maximum atomic E-state index is 6.16. The highest BCUT2D eigenvalue weighted by molar-refractivity contribution is 6.30. The predicted molar refractivity (Wildman–Crippen MR) is 132 cm³/mol. The summed E-state index contributed by atoms with van der Waals surface area (Å²) in [6, 6.07) is 15.3. The molecular formula is C27H29ClN4. The Kier molecular flexibility index (Phi) is 5.75. The van der Waals surface area contributed by atoms with E-state index in [1.165, 1.54) is 27.8 Å². The number of halogens is 1. The van der Waals surface area contributed by atoms with Gasteiger partial charge in [-0.25, -0.2) is 9.97 Å². The zero-order valence-electron chi connectivity index (χ0n) is 18.8. The Hall–Kier alpha value is -2.69. The molecule has 5 heteroatoms. The summed E-state index contributed by atoms with van der Waals surface area (Å²) < 4.78 is 0. The van der Waals surface area contributed by atoms with Crippen LogP contribution in [0.2, 0.25) is 5.02 Å². The molecule has 32 heavy (non-hydrogen) atoms. The van der Waals surface area contributed by atoms with Crippen molar-refractivity contribution in [2.45, 2.75) is 51.5 Å². The molecule has 0 radical (unpaired) electrons. The van der Waals surface area contributed by atoms with Crippen LogP contribution in [0, 0.1) is 0 Å². The third-order valence-corrected chi connectivity index (χ3v) is 6.89. The van der Waals surface area contributed by atoms with E-state index in [0.29, 0.717) is 12.0 Å². The van der Waals surface area contributed by atoms with Crippen molar-refractivity contribution in [3.05, 3.63) is 82.4 Å². The SMILES string of the molecule is CC(C)NC[C@H](c1ccc(Cl)cc1)c1c[nH]c2cc(-c3ncnc4c3[C@H](C)CC4)ccc12. The van der Waals surface area contributed by atoms with E-state index in [0.717, 1.165) is 41.2 Å². The Balaban J connectivity index is 1.56. The Morgan fingerprint density at radius 3 is 2.72 bits per heavy atom. The summed E-state index contributed by atoms with van der Waals surface area (Å²) in [6.07, 6.45) is 6.07. The molecule has 2 aromatic heterocycles. The van der Waals surface area contributed by atoms with E-state index in [1.54, 1.807) is 6.33 Å². The Morgan fingerprint density at radius 2 is 1.94 bits per heavy atom. The average molecular weight is 445 g/mol. The molecule has 2 N–H and O–H groups in total. The number of fused-ring (bicyclic) bond motifs is 2. The normalized spacial score (nSPS) is 16.6. The van der Waals surface area contributed by atoms with Crippen LogP contribution in [0.1, 0.15) is 61.4 Å². The molecule has 1 aliphatic carbocycles. The van der Waals surface area contributed by atoms with Crippen LogP contribution in [0.3, 0.4) is 0 Å². The number of hydrogen-bond donors (Lipinski definition) is 2. The van der Waals surface area contributed by atoms with E-state index in [9.17, 15) is 0 Å². The van der Waals surface area contributed by atoms with E-state index >= 15 is 0 Å². The molecule has 0 aliphatic heterocycles. The molecule has 0 spiro atoms. The van der Waals surface area contributed by atoms with Crippen molar-refractivity contribution < 1.29 is 0 Å². The number of benzene rings is 2. The van der Waals surface area contributed by atoms with Gasteiger partial charge in [-0.2, -0.15) is 0 Å². The summed E-state index contributed by atoms with van der Waals surface area (Å²) in [5.74, 6) is 0.741. The van der Waals surface area contributed by atoms with E-state index < -0.39 is 0 Å². The van der Waals surface area contributed by atoms with Crippen LogP contribution in [0.5, 0.6) is 0 Å². The van der Waals surface area contributed by atoms with Gasteiger partial charge in [0.15, 0.2) is 0 Å². The van der Waals surface area contributed by atoms with Crippen LogP contribution >= 0.6 is 11.6 Å². The third kappa shape index (κ3) is 3.94. The first kappa shape index (κ1) is 21.2. The molecule has 4 aromatic rings. The lowest BCUT2D eigenvalue weighted by Crippen LogP contribution is -2.28. The Bertz CT molecular complexity index is 1240. The molecule has 0 bridgehead atoms. The average Bonchev–Trinajstić information content (AvgIpc) is 3.38. The number of aryl methyl sites for hydroxylation is 1. The van der Waals surface area contributed by atoms with E-state index in [2.05, 4.69) is 77.6 Å². The maximum absolute atomic E-state index is 6.16. The number of rotatable bonds is 6. The molecule has 1 aliphatic rings. The van der Waals surface area contributed by atoms with Crippen molar-refractivity contribution in [3.63, 3.8) is 0 Å². The van der Waals surface area contributed by atoms with Crippen LogP contribution in [-0.4, -0.2) is 27.5 Å². The van der Waals surface area contributed by atoms with Gasteiger partial charge in [0.25, 0.3) is 0 Å². The zero-order chi connectivity index (χ0) is 22.2. The van der Waals surface area contributed by atoms with Crippen LogP contribution in [0.15, 0.2) is 55.0 Å². The molecule has 4 nitrogen and oxygen atoms in total. The minimum absolute atomic E-state index is 0.234. The first-order chi connectivity index (χ1) is 15.5. The fourth-order valence-electron chi connectivity index (χ4n) is 4.92. The predicted octanol–water partition coefficient (Wildman–Crippen LogP) is 6.46. The van der Waals surface area contributed by atoms with E-state index in [-0.39, 0.29) is 5.92 Å². The molecule has 2 atom stereocenters. The second kappa shape index (κ2) is 8.68. The monoisotopic (exact) mass is 444 g/mol. The Labute approximate surface area is 194 Å². The van der Waals surface area contributed by atoms with Crippen molar-refractivity contribution in [1.82, 2.24) is 20.3 Å². The lowest BCUT2D eigenvalue weighted by atomic mass is 9.90. The van der Waals surface area contributed by atoms with Gasteiger partial charge in [0.2, 0.25) is 0 Å². The molecule has 2 heterocycles. The minimum Gasteiger partial charge on any atom is -0.361 e. The van der Waals surface area contributed by atoms with Gasteiger partial charge >= 0.3 is 0 Å². The van der Waals surface area contributed by atoms with Crippen molar-refractivity contribution in [2.24, 2.45) is 0 Å². The van der Waals surface area contributed by atoms with Gasteiger partial charge in [-0.1, -0.05) is 56.6 Å². The molecule has 0 saturated heterocycles. The number of hydrogen-bond acceptors (Lipinski definition) is 3.